The largest absolute Gasteiger partial charge is 0.497 e. The van der Waals surface area contributed by atoms with Gasteiger partial charge in [-0.1, -0.05) is 0 Å². The first-order valence-corrected chi connectivity index (χ1v) is 8.40. The third kappa shape index (κ3) is 5.69. The molecule has 0 N–H and O–H groups in total. The van der Waals surface area contributed by atoms with Crippen LogP contribution in [0.4, 0.5) is 0 Å². The molecule has 0 bridgehead atoms. The van der Waals surface area contributed by atoms with Crippen LogP contribution in [-0.4, -0.2) is 32.1 Å². The summed E-state index contributed by atoms with van der Waals surface area (Å²) in [7, 11) is 1.59. The van der Waals surface area contributed by atoms with E-state index in [1.165, 1.54) is 11.3 Å². The molecule has 1 heterocycles. The molecule has 0 aliphatic carbocycles. The van der Waals surface area contributed by atoms with Crippen LogP contribution in [0.2, 0.25) is 0 Å². The number of thiophene rings is 1. The third-order valence-corrected chi connectivity index (χ3v) is 4.51. The predicted molar refractivity (Wildman–Crippen MR) is 90.4 cm³/mol. The molecule has 0 unspecified atom stereocenters. The Morgan fingerprint density at radius 1 is 1.09 bits per heavy atom. The van der Waals surface area contributed by atoms with Crippen molar-refractivity contribution in [2.24, 2.45) is 0 Å². The molecule has 5 nitrogen and oxygen atoms in total. The molecule has 0 aliphatic rings. The Labute approximate surface area is 146 Å². The molecule has 122 valence electrons. The Hall–Kier alpha value is -1.86. The minimum absolute atomic E-state index is 0.0768. The van der Waals surface area contributed by atoms with Gasteiger partial charge in [-0.05, 0) is 52.3 Å². The van der Waals surface area contributed by atoms with E-state index < -0.39 is 5.97 Å². The zero-order valence-electron chi connectivity index (χ0n) is 12.4. The van der Waals surface area contributed by atoms with E-state index in [-0.39, 0.29) is 25.4 Å². The Morgan fingerprint density at radius 2 is 1.78 bits per heavy atom. The van der Waals surface area contributed by atoms with Gasteiger partial charge >= 0.3 is 5.97 Å². The van der Waals surface area contributed by atoms with E-state index in [0.29, 0.717) is 10.6 Å². The fraction of sp³-hybridized carbons (Fsp3) is 0.250. The highest BCUT2D eigenvalue weighted by Crippen LogP contribution is 2.22. The van der Waals surface area contributed by atoms with Crippen LogP contribution < -0.4 is 9.47 Å². The highest BCUT2D eigenvalue weighted by Gasteiger charge is 2.12. The van der Waals surface area contributed by atoms with E-state index in [4.69, 9.17) is 14.2 Å². The van der Waals surface area contributed by atoms with E-state index >= 15 is 0 Å². The standard InChI is InChI=1S/C16H15BrO5S/c1-20-11-2-4-12(5-3-11)21-9-8-16(19)22-10-13(18)14-6-7-15(17)23-14/h2-7H,8-10H2,1H3. The van der Waals surface area contributed by atoms with Crippen molar-refractivity contribution in [2.75, 3.05) is 20.3 Å². The predicted octanol–water partition coefficient (Wildman–Crippen LogP) is 3.71. The topological polar surface area (TPSA) is 61.8 Å². The quantitative estimate of drug-likeness (QED) is 0.500. The number of Topliss-reactive ketones (excluding diaryl/α,β-unsaturated/α-hetero) is 1. The zero-order chi connectivity index (χ0) is 16.7. The van der Waals surface area contributed by atoms with Crippen LogP contribution in [0.1, 0.15) is 16.1 Å². The number of methoxy groups -OCH3 is 1. The molecule has 0 saturated heterocycles. The number of ketones is 1. The van der Waals surface area contributed by atoms with Gasteiger partial charge in [-0.25, -0.2) is 0 Å². The molecule has 1 aromatic carbocycles. The number of ether oxygens (including phenoxy) is 3. The van der Waals surface area contributed by atoms with Crippen LogP contribution >= 0.6 is 27.3 Å². The number of esters is 1. The highest BCUT2D eigenvalue weighted by molar-refractivity contribution is 9.11. The zero-order valence-corrected chi connectivity index (χ0v) is 14.8. The van der Waals surface area contributed by atoms with Gasteiger partial charge in [0.2, 0.25) is 5.78 Å². The second kappa shape index (κ2) is 8.69. The summed E-state index contributed by atoms with van der Waals surface area (Å²) in [4.78, 5) is 23.9. The number of halogens is 1. The minimum atomic E-state index is -0.470. The summed E-state index contributed by atoms with van der Waals surface area (Å²) in [5, 5.41) is 0. The average Bonchev–Trinajstić information content (AvgIpc) is 3.00. The number of hydrogen-bond donors (Lipinski definition) is 0. The summed E-state index contributed by atoms with van der Waals surface area (Å²) in [6.07, 6.45) is 0.0768. The molecule has 0 fully saturated rings. The second-order valence-electron chi connectivity index (χ2n) is 4.46. The lowest BCUT2D eigenvalue weighted by molar-refractivity contribution is -0.143. The minimum Gasteiger partial charge on any atom is -0.497 e. The van der Waals surface area contributed by atoms with Crippen molar-refractivity contribution in [3.63, 3.8) is 0 Å². The van der Waals surface area contributed by atoms with Crippen molar-refractivity contribution in [1.29, 1.82) is 0 Å². The van der Waals surface area contributed by atoms with Gasteiger partial charge < -0.3 is 14.2 Å². The molecule has 0 radical (unpaired) electrons. The van der Waals surface area contributed by atoms with E-state index in [1.54, 1.807) is 43.5 Å². The summed E-state index contributed by atoms with van der Waals surface area (Å²) >= 11 is 4.59. The molecule has 7 heteroatoms. The summed E-state index contributed by atoms with van der Waals surface area (Å²) < 4.78 is 16.3. The van der Waals surface area contributed by atoms with Crippen molar-refractivity contribution < 1.29 is 23.8 Å². The molecule has 0 saturated carbocycles. The van der Waals surface area contributed by atoms with Crippen LogP contribution in [0.5, 0.6) is 11.5 Å². The monoisotopic (exact) mass is 398 g/mol. The van der Waals surface area contributed by atoms with Crippen molar-refractivity contribution in [3.8, 4) is 11.5 Å². The second-order valence-corrected chi connectivity index (χ2v) is 6.92. The molecule has 2 aromatic rings. The van der Waals surface area contributed by atoms with Crippen LogP contribution in [-0.2, 0) is 9.53 Å². The lowest BCUT2D eigenvalue weighted by atomic mass is 10.3. The van der Waals surface area contributed by atoms with Crippen molar-refractivity contribution in [2.45, 2.75) is 6.42 Å². The van der Waals surface area contributed by atoms with E-state index in [0.717, 1.165) is 9.54 Å². The third-order valence-electron chi connectivity index (χ3n) is 2.85. The molecule has 0 aliphatic heterocycles. The average molecular weight is 399 g/mol. The van der Waals surface area contributed by atoms with Crippen LogP contribution in [0, 0.1) is 0 Å². The van der Waals surface area contributed by atoms with E-state index in [2.05, 4.69) is 15.9 Å². The Kier molecular flexibility index (Phi) is 6.61. The lowest BCUT2D eigenvalue weighted by Crippen LogP contribution is -2.15. The van der Waals surface area contributed by atoms with Crippen LogP contribution in [0.25, 0.3) is 0 Å². The fourth-order valence-electron chi connectivity index (χ4n) is 1.68. The van der Waals surface area contributed by atoms with Gasteiger partial charge in [-0.3, -0.25) is 9.59 Å². The Bertz CT molecular complexity index is 665. The molecule has 1 aromatic heterocycles. The number of rotatable bonds is 8. The highest BCUT2D eigenvalue weighted by atomic mass is 79.9. The van der Waals surface area contributed by atoms with Gasteiger partial charge in [0.25, 0.3) is 0 Å². The lowest BCUT2D eigenvalue weighted by Gasteiger charge is -2.07. The fourth-order valence-corrected chi connectivity index (χ4v) is 2.99. The Morgan fingerprint density at radius 3 is 2.39 bits per heavy atom. The molecular formula is C16H15BrO5S. The van der Waals surface area contributed by atoms with E-state index in [9.17, 15) is 9.59 Å². The maximum Gasteiger partial charge on any atom is 0.309 e. The first-order valence-electron chi connectivity index (χ1n) is 6.79. The molecule has 23 heavy (non-hydrogen) atoms. The molecule has 0 amide bonds. The summed E-state index contributed by atoms with van der Waals surface area (Å²) in [5.41, 5.74) is 0. The molecule has 0 spiro atoms. The normalized spacial score (nSPS) is 10.2. The summed E-state index contributed by atoms with van der Waals surface area (Å²) in [6, 6.07) is 10.5. The van der Waals surface area contributed by atoms with Gasteiger partial charge in [0.05, 0.1) is 28.8 Å². The maximum absolute atomic E-state index is 11.8. The summed E-state index contributed by atoms with van der Waals surface area (Å²) in [5.74, 6) is 0.682. The molecule has 0 atom stereocenters. The van der Waals surface area contributed by atoms with Crippen LogP contribution in [0.3, 0.4) is 0 Å². The smallest absolute Gasteiger partial charge is 0.309 e. The molecular weight excluding hydrogens is 384 g/mol. The van der Waals surface area contributed by atoms with Gasteiger partial charge in [0, 0.05) is 0 Å². The summed E-state index contributed by atoms with van der Waals surface area (Å²) in [6.45, 7) is -0.0712. The van der Waals surface area contributed by atoms with Gasteiger partial charge in [-0.2, -0.15) is 0 Å². The first kappa shape index (κ1) is 17.5. The number of carbonyl (C=O) groups is 2. The van der Waals surface area contributed by atoms with Crippen molar-refractivity contribution in [1.82, 2.24) is 0 Å². The Balaban J connectivity index is 1.67. The van der Waals surface area contributed by atoms with Crippen molar-refractivity contribution in [3.05, 3.63) is 45.1 Å². The molecule has 2 rings (SSSR count). The van der Waals surface area contributed by atoms with Crippen molar-refractivity contribution >= 4 is 39.0 Å². The SMILES string of the molecule is COc1ccc(OCCC(=O)OCC(=O)c2ccc(Br)s2)cc1. The number of carbonyl (C=O) groups excluding carboxylic acids is 2. The first-order chi connectivity index (χ1) is 11.1. The number of hydrogen-bond acceptors (Lipinski definition) is 6. The maximum atomic E-state index is 11.8. The number of benzene rings is 1. The van der Waals surface area contributed by atoms with E-state index in [1.807, 2.05) is 0 Å². The van der Waals surface area contributed by atoms with Crippen LogP contribution in [0.15, 0.2) is 40.2 Å². The van der Waals surface area contributed by atoms with Gasteiger partial charge in [0.1, 0.15) is 11.5 Å². The van der Waals surface area contributed by atoms with Gasteiger partial charge in [-0.15, -0.1) is 11.3 Å². The van der Waals surface area contributed by atoms with Gasteiger partial charge in [0.15, 0.2) is 6.61 Å².